The van der Waals surface area contributed by atoms with Crippen LogP contribution in [0.3, 0.4) is 0 Å². The van der Waals surface area contributed by atoms with Gasteiger partial charge in [0.15, 0.2) is 0 Å². The van der Waals surface area contributed by atoms with Gasteiger partial charge < -0.3 is 0 Å². The zero-order valence-corrected chi connectivity index (χ0v) is 7.12. The first-order valence-electron chi connectivity index (χ1n) is 2.41. The molecule has 10 heavy (non-hydrogen) atoms. The summed E-state index contributed by atoms with van der Waals surface area (Å²) in [5.74, 6) is 0. The fourth-order valence-electron chi connectivity index (χ4n) is 0.313. The zero-order chi connectivity index (χ0) is 6.95. The van der Waals surface area contributed by atoms with Gasteiger partial charge in [0.25, 0.3) is 0 Å². The van der Waals surface area contributed by atoms with E-state index in [0.29, 0.717) is 0 Å². The molecule has 0 aliphatic heterocycles. The van der Waals surface area contributed by atoms with E-state index < -0.39 is 0 Å². The Morgan fingerprint density at radius 1 is 1.20 bits per heavy atom. The van der Waals surface area contributed by atoms with Crippen LogP contribution in [-0.2, 0) is 21.4 Å². The summed E-state index contributed by atoms with van der Waals surface area (Å²) >= 11 is 4.50. The summed E-state index contributed by atoms with van der Waals surface area (Å²) in [6.45, 7) is 0. The Kier molecular flexibility index (Phi) is 14.7. The molecule has 0 atom stereocenters. The van der Waals surface area contributed by atoms with Crippen LogP contribution in [0.25, 0.3) is 0 Å². The van der Waals surface area contributed by atoms with Gasteiger partial charge in [-0.05, 0) is 12.1 Å². The number of rotatable bonds is 0. The molecule has 0 saturated heterocycles. The molecule has 61 valence electrons. The molecule has 0 aliphatic carbocycles. The van der Waals surface area contributed by atoms with Crippen molar-refractivity contribution in [1.29, 1.82) is 0 Å². The first-order chi connectivity index (χ1) is 4.41. The molecular formula is C6H8ClCuNO. The van der Waals surface area contributed by atoms with E-state index in [1.807, 2.05) is 18.2 Å². The van der Waals surface area contributed by atoms with E-state index in [1.54, 1.807) is 12.4 Å². The summed E-state index contributed by atoms with van der Waals surface area (Å²) < 4.78 is 3.72. The van der Waals surface area contributed by atoms with Crippen LogP contribution in [0.2, 0.25) is 0 Å². The fourth-order valence-corrected chi connectivity index (χ4v) is 0.313. The second-order valence-corrected chi connectivity index (χ2v) is 1.49. The first-order valence-corrected chi connectivity index (χ1v) is 2.72. The molecule has 0 N–H and O–H groups in total. The van der Waals surface area contributed by atoms with Gasteiger partial charge in [-0.3, -0.25) is 9.27 Å². The number of aromatic nitrogens is 1. The van der Waals surface area contributed by atoms with E-state index in [-0.39, 0.29) is 17.1 Å². The minimum atomic E-state index is 0. The number of nitrogens with zero attached hydrogens (tertiary/aromatic N) is 1. The van der Waals surface area contributed by atoms with Crippen molar-refractivity contribution in [2.45, 2.75) is 0 Å². The van der Waals surface area contributed by atoms with E-state index in [2.05, 4.69) is 21.1 Å². The molecule has 0 aromatic carbocycles. The van der Waals surface area contributed by atoms with Gasteiger partial charge in [0, 0.05) is 29.5 Å². The standard InChI is InChI=1S/C5H5N.CH3ClO.Cu/c1-2-4-6-5-3-1;1-3-2;/h1-5H;1H3;. The van der Waals surface area contributed by atoms with Crippen molar-refractivity contribution in [3.8, 4) is 0 Å². The normalized spacial score (nSPS) is 6.60. The average Bonchev–Trinajstić information content (AvgIpc) is 1.93. The van der Waals surface area contributed by atoms with Crippen molar-refractivity contribution in [1.82, 2.24) is 4.98 Å². The molecule has 0 saturated carbocycles. The molecule has 1 rings (SSSR count). The molecule has 0 spiro atoms. The maximum Gasteiger partial charge on any atom is 0.0606 e. The maximum atomic E-state index is 4.50. The second-order valence-electron chi connectivity index (χ2n) is 1.18. The van der Waals surface area contributed by atoms with Gasteiger partial charge in [-0.25, -0.2) is 0 Å². The topological polar surface area (TPSA) is 22.1 Å². The molecule has 0 amide bonds. The Morgan fingerprint density at radius 2 is 1.60 bits per heavy atom. The van der Waals surface area contributed by atoms with Crippen LogP contribution in [0.15, 0.2) is 30.6 Å². The Morgan fingerprint density at radius 3 is 1.70 bits per heavy atom. The van der Waals surface area contributed by atoms with Crippen LogP contribution in [0.4, 0.5) is 0 Å². The van der Waals surface area contributed by atoms with Crippen molar-refractivity contribution in [2.75, 3.05) is 7.11 Å². The number of hydrogen-bond donors (Lipinski definition) is 0. The van der Waals surface area contributed by atoms with Crippen LogP contribution in [0.5, 0.6) is 0 Å². The largest absolute Gasteiger partial charge is 0.283 e. The quantitative estimate of drug-likeness (QED) is 0.608. The number of pyridine rings is 1. The SMILES string of the molecule is COCl.[Cu].c1ccncc1. The summed E-state index contributed by atoms with van der Waals surface area (Å²) in [5.41, 5.74) is 0. The minimum Gasteiger partial charge on any atom is -0.283 e. The minimum absolute atomic E-state index is 0. The molecule has 0 aliphatic rings. The molecule has 0 fully saturated rings. The van der Waals surface area contributed by atoms with Gasteiger partial charge in [0.05, 0.1) is 19.0 Å². The summed E-state index contributed by atoms with van der Waals surface area (Å²) in [6.07, 6.45) is 3.50. The third-order valence-corrected chi connectivity index (χ3v) is 0.566. The smallest absolute Gasteiger partial charge is 0.0606 e. The zero-order valence-electron chi connectivity index (χ0n) is 5.42. The molecule has 4 heteroatoms. The van der Waals surface area contributed by atoms with E-state index in [1.165, 1.54) is 7.11 Å². The van der Waals surface area contributed by atoms with Crippen LogP contribution in [0, 0.1) is 0 Å². The van der Waals surface area contributed by atoms with Gasteiger partial charge in [0.2, 0.25) is 0 Å². The van der Waals surface area contributed by atoms with Crippen molar-refractivity contribution >= 4 is 11.9 Å². The predicted octanol–water partition coefficient (Wildman–Crippen LogP) is 1.87. The van der Waals surface area contributed by atoms with Crippen LogP contribution in [-0.4, -0.2) is 12.1 Å². The molecule has 2 nitrogen and oxygen atoms in total. The van der Waals surface area contributed by atoms with Crippen LogP contribution in [0.1, 0.15) is 0 Å². The summed E-state index contributed by atoms with van der Waals surface area (Å²) in [7, 11) is 1.39. The van der Waals surface area contributed by atoms with Crippen LogP contribution < -0.4 is 0 Å². The monoisotopic (exact) mass is 208 g/mol. The number of halogens is 1. The van der Waals surface area contributed by atoms with E-state index in [4.69, 9.17) is 0 Å². The third-order valence-electron chi connectivity index (χ3n) is 0.566. The molecule has 0 bridgehead atoms. The Hall–Kier alpha value is -0.0805. The Bertz CT molecular complexity index is 101. The van der Waals surface area contributed by atoms with Gasteiger partial charge in [-0.15, -0.1) is 0 Å². The second kappa shape index (κ2) is 11.7. The molecular weight excluding hydrogens is 201 g/mol. The van der Waals surface area contributed by atoms with E-state index in [9.17, 15) is 0 Å². The molecule has 1 aromatic heterocycles. The average molecular weight is 209 g/mol. The predicted molar refractivity (Wildman–Crippen MR) is 37.1 cm³/mol. The van der Waals surface area contributed by atoms with Gasteiger partial charge in [-0.1, -0.05) is 6.07 Å². The summed E-state index contributed by atoms with van der Waals surface area (Å²) in [6, 6.07) is 5.72. The van der Waals surface area contributed by atoms with E-state index >= 15 is 0 Å². The van der Waals surface area contributed by atoms with Gasteiger partial charge in [0.1, 0.15) is 0 Å². The van der Waals surface area contributed by atoms with E-state index in [0.717, 1.165) is 0 Å². The Labute approximate surface area is 76.2 Å². The summed E-state index contributed by atoms with van der Waals surface area (Å²) in [5, 5.41) is 0. The third kappa shape index (κ3) is 10.8. The first kappa shape index (κ1) is 12.6. The molecule has 1 heterocycles. The molecule has 1 aromatic rings. The van der Waals surface area contributed by atoms with Crippen LogP contribution >= 0.6 is 11.9 Å². The van der Waals surface area contributed by atoms with Gasteiger partial charge >= 0.3 is 0 Å². The van der Waals surface area contributed by atoms with Gasteiger partial charge in [-0.2, -0.15) is 0 Å². The van der Waals surface area contributed by atoms with Crippen molar-refractivity contribution in [3.63, 3.8) is 0 Å². The molecule has 0 unspecified atom stereocenters. The molecule has 1 radical (unpaired) electrons. The fraction of sp³-hybridized carbons (Fsp3) is 0.167. The Balaban J connectivity index is 0. The van der Waals surface area contributed by atoms with Crippen molar-refractivity contribution in [3.05, 3.63) is 30.6 Å². The van der Waals surface area contributed by atoms with Crippen molar-refractivity contribution < 1.29 is 21.4 Å². The number of hydrogen-bond acceptors (Lipinski definition) is 2. The maximum absolute atomic E-state index is 4.50. The van der Waals surface area contributed by atoms with Crippen molar-refractivity contribution in [2.24, 2.45) is 0 Å². The summed E-state index contributed by atoms with van der Waals surface area (Å²) in [4.78, 5) is 3.78.